The van der Waals surface area contributed by atoms with Crippen molar-refractivity contribution < 1.29 is 0 Å². The number of rotatable bonds is 4. The molecule has 2 N–H and O–H groups in total. The summed E-state index contributed by atoms with van der Waals surface area (Å²) < 4.78 is 3.82. The molecule has 0 unspecified atom stereocenters. The topological polar surface area (TPSA) is 41.9 Å². The molecule has 0 aliphatic heterocycles. The fraction of sp³-hybridized carbons (Fsp3) is 0.0588. The van der Waals surface area contributed by atoms with Gasteiger partial charge >= 0.3 is 0 Å². The molecule has 0 saturated heterocycles. The van der Waals surface area contributed by atoms with Gasteiger partial charge in [0.2, 0.25) is 0 Å². The third kappa shape index (κ3) is 5.28. The van der Waals surface area contributed by atoms with E-state index in [0.29, 0.717) is 16.7 Å². The lowest BCUT2D eigenvalue weighted by Crippen LogP contribution is -2.19. The lowest BCUT2D eigenvalue weighted by Gasteiger charge is -2.10. The average molecular weight is 501 g/mol. The van der Waals surface area contributed by atoms with E-state index < -0.39 is 0 Å². The first kappa shape index (κ1) is 18.4. The van der Waals surface area contributed by atoms with Crippen LogP contribution in [0.25, 0.3) is 0 Å². The molecule has 0 atom stereocenters. The smallest absolute Gasteiger partial charge is 0.175 e. The Labute approximate surface area is 172 Å². The molecule has 0 fully saturated rings. The molecule has 4 nitrogen and oxygen atoms in total. The van der Waals surface area contributed by atoms with E-state index in [2.05, 4.69) is 59.7 Å². The molecule has 0 aliphatic carbocycles. The molecule has 25 heavy (non-hydrogen) atoms. The van der Waals surface area contributed by atoms with Gasteiger partial charge in [-0.05, 0) is 48.1 Å². The second-order valence-corrected chi connectivity index (χ2v) is 7.90. The predicted molar refractivity (Wildman–Crippen MR) is 114 cm³/mol. The van der Waals surface area contributed by atoms with Crippen molar-refractivity contribution in [2.45, 2.75) is 6.54 Å². The van der Waals surface area contributed by atoms with Crippen LogP contribution in [-0.4, -0.2) is 14.9 Å². The van der Waals surface area contributed by atoms with Gasteiger partial charge in [-0.2, -0.15) is 5.10 Å². The fourth-order valence-corrected chi connectivity index (χ4v) is 3.38. The Morgan fingerprint density at radius 1 is 1.08 bits per heavy atom. The molecule has 1 heterocycles. The Morgan fingerprint density at radius 2 is 1.80 bits per heavy atom. The maximum Gasteiger partial charge on any atom is 0.175 e. The second-order valence-electron chi connectivity index (χ2n) is 5.26. The van der Waals surface area contributed by atoms with Crippen LogP contribution >= 0.6 is 55.7 Å². The van der Waals surface area contributed by atoms with Crippen molar-refractivity contribution in [3.63, 3.8) is 0 Å². The minimum atomic E-state index is 0.451. The summed E-state index contributed by atoms with van der Waals surface area (Å²) >= 11 is 18.3. The number of nitrogens with zero attached hydrogens (tertiary/aromatic N) is 2. The molecule has 128 valence electrons. The van der Waals surface area contributed by atoms with Gasteiger partial charge in [-0.15, -0.1) is 0 Å². The zero-order valence-corrected chi connectivity index (χ0v) is 17.6. The molecule has 3 rings (SSSR count). The van der Waals surface area contributed by atoms with Crippen LogP contribution in [0.5, 0.6) is 0 Å². The molecule has 1 aromatic heterocycles. The predicted octanol–water partition coefficient (Wildman–Crippen LogP) is 5.92. The number of aromatic nitrogens is 2. The van der Waals surface area contributed by atoms with E-state index in [1.165, 1.54) is 5.56 Å². The molecule has 0 amide bonds. The van der Waals surface area contributed by atoms with Gasteiger partial charge in [0.05, 0.1) is 29.1 Å². The van der Waals surface area contributed by atoms with E-state index in [0.717, 1.165) is 20.3 Å². The Bertz CT molecular complexity index is 896. The Kier molecular flexibility index (Phi) is 6.11. The van der Waals surface area contributed by atoms with Crippen LogP contribution in [0.1, 0.15) is 5.56 Å². The maximum absolute atomic E-state index is 6.18. The van der Waals surface area contributed by atoms with Gasteiger partial charge < -0.3 is 10.6 Å². The first-order valence-corrected chi connectivity index (χ1v) is 9.67. The highest BCUT2D eigenvalue weighted by Gasteiger charge is 2.06. The van der Waals surface area contributed by atoms with Gasteiger partial charge in [0.25, 0.3) is 0 Å². The highest BCUT2D eigenvalue weighted by atomic mass is 79.9. The van der Waals surface area contributed by atoms with E-state index in [9.17, 15) is 0 Å². The summed E-state index contributed by atoms with van der Waals surface area (Å²) in [5.74, 6) is 0. The summed E-state index contributed by atoms with van der Waals surface area (Å²) in [6.07, 6.45) is 3.63. The number of nitrogens with one attached hydrogen (secondary N) is 2. The lowest BCUT2D eigenvalue weighted by atomic mass is 10.2. The Morgan fingerprint density at radius 3 is 2.52 bits per heavy atom. The third-order valence-corrected chi connectivity index (χ3v) is 4.87. The Balaban J connectivity index is 1.60. The highest BCUT2D eigenvalue weighted by molar-refractivity contribution is 9.10. The molecule has 0 saturated carbocycles. The summed E-state index contributed by atoms with van der Waals surface area (Å²) in [7, 11) is 0. The van der Waals surface area contributed by atoms with E-state index in [1.54, 1.807) is 6.20 Å². The molecule has 0 aliphatic rings. The number of halogens is 3. The van der Waals surface area contributed by atoms with Gasteiger partial charge in [0, 0.05) is 15.1 Å². The number of benzene rings is 2. The normalized spacial score (nSPS) is 10.5. The minimum Gasteiger partial charge on any atom is -0.331 e. The van der Waals surface area contributed by atoms with Crippen LogP contribution < -0.4 is 10.6 Å². The van der Waals surface area contributed by atoms with Crippen LogP contribution in [0.15, 0.2) is 63.8 Å². The van der Waals surface area contributed by atoms with Gasteiger partial charge in [-0.1, -0.05) is 55.6 Å². The molecule has 0 spiro atoms. The van der Waals surface area contributed by atoms with E-state index in [1.807, 2.05) is 41.2 Å². The van der Waals surface area contributed by atoms with Crippen LogP contribution in [0.2, 0.25) is 5.02 Å². The molecule has 0 radical (unpaired) electrons. The van der Waals surface area contributed by atoms with Crippen LogP contribution in [-0.2, 0) is 6.54 Å². The Hall–Kier alpha value is -1.41. The maximum atomic E-state index is 6.18. The van der Waals surface area contributed by atoms with Gasteiger partial charge in [-0.25, -0.2) is 0 Å². The quantitative estimate of drug-likeness (QED) is 0.437. The largest absolute Gasteiger partial charge is 0.331 e. The van der Waals surface area contributed by atoms with E-state index in [-0.39, 0.29) is 0 Å². The van der Waals surface area contributed by atoms with Crippen molar-refractivity contribution in [1.82, 2.24) is 9.78 Å². The van der Waals surface area contributed by atoms with E-state index in [4.69, 9.17) is 23.8 Å². The van der Waals surface area contributed by atoms with Gasteiger partial charge in [-0.3, -0.25) is 4.68 Å². The molecular weight excluding hydrogens is 488 g/mol. The van der Waals surface area contributed by atoms with Crippen molar-refractivity contribution in [3.05, 3.63) is 74.4 Å². The van der Waals surface area contributed by atoms with Gasteiger partial charge in [0.1, 0.15) is 0 Å². The molecule has 0 bridgehead atoms. The first-order chi connectivity index (χ1) is 12.0. The standard InChI is InChI=1S/C17H13Br2ClN4S/c18-12-3-1-11(2-4-12)9-24-10-14(8-21-24)22-17(25)23-16-6-5-13(19)7-15(16)20/h1-8,10H,9H2,(H2,22,23,25). The molecule has 3 aromatic rings. The summed E-state index contributed by atoms with van der Waals surface area (Å²) in [5.41, 5.74) is 2.72. The minimum absolute atomic E-state index is 0.451. The van der Waals surface area contributed by atoms with Crippen molar-refractivity contribution in [1.29, 1.82) is 0 Å². The monoisotopic (exact) mass is 498 g/mol. The second kappa shape index (κ2) is 8.31. The third-order valence-electron chi connectivity index (χ3n) is 3.33. The zero-order valence-electron chi connectivity index (χ0n) is 12.8. The lowest BCUT2D eigenvalue weighted by molar-refractivity contribution is 0.687. The molecule has 8 heteroatoms. The summed E-state index contributed by atoms with van der Waals surface area (Å²) in [5, 5.41) is 11.6. The average Bonchev–Trinajstić information content (AvgIpc) is 2.99. The van der Waals surface area contributed by atoms with Crippen LogP contribution in [0.4, 0.5) is 11.4 Å². The van der Waals surface area contributed by atoms with E-state index >= 15 is 0 Å². The van der Waals surface area contributed by atoms with Gasteiger partial charge in [0.15, 0.2) is 5.11 Å². The number of thiocarbonyl (C=S) groups is 1. The number of hydrogen-bond donors (Lipinski definition) is 2. The number of hydrogen-bond acceptors (Lipinski definition) is 2. The summed E-state index contributed by atoms with van der Waals surface area (Å²) in [6, 6.07) is 13.7. The fourth-order valence-electron chi connectivity index (χ4n) is 2.17. The van der Waals surface area contributed by atoms with Crippen molar-refractivity contribution in [2.75, 3.05) is 10.6 Å². The summed E-state index contributed by atoms with van der Waals surface area (Å²) in [4.78, 5) is 0. The zero-order chi connectivity index (χ0) is 17.8. The van der Waals surface area contributed by atoms with Crippen LogP contribution in [0.3, 0.4) is 0 Å². The molecular formula is C17H13Br2ClN4S. The van der Waals surface area contributed by atoms with Crippen molar-refractivity contribution in [3.8, 4) is 0 Å². The highest BCUT2D eigenvalue weighted by Crippen LogP contribution is 2.25. The van der Waals surface area contributed by atoms with Crippen molar-refractivity contribution >= 4 is 72.2 Å². The van der Waals surface area contributed by atoms with Crippen molar-refractivity contribution in [2.24, 2.45) is 0 Å². The SMILES string of the molecule is S=C(Nc1cnn(Cc2ccc(Br)cc2)c1)Nc1ccc(Br)cc1Cl. The molecule has 2 aromatic carbocycles. The number of anilines is 2. The van der Waals surface area contributed by atoms with Crippen LogP contribution in [0, 0.1) is 0 Å². The summed E-state index contributed by atoms with van der Waals surface area (Å²) in [6.45, 7) is 0.688. The first-order valence-electron chi connectivity index (χ1n) is 7.29.